The van der Waals surface area contributed by atoms with Gasteiger partial charge in [0.25, 0.3) is 5.69 Å². The van der Waals surface area contributed by atoms with Crippen molar-refractivity contribution in [2.45, 2.75) is 13.8 Å². The lowest BCUT2D eigenvalue weighted by atomic mass is 9.95. The first-order valence-electron chi connectivity index (χ1n) is 8.09. The Labute approximate surface area is 141 Å². The highest BCUT2D eigenvalue weighted by Gasteiger charge is 2.24. The third-order valence-electron chi connectivity index (χ3n) is 4.64. The lowest BCUT2D eigenvalue weighted by Gasteiger charge is -2.10. The van der Waals surface area contributed by atoms with Crippen molar-refractivity contribution in [2.75, 3.05) is 0 Å². The van der Waals surface area contributed by atoms with Gasteiger partial charge in [-0.15, -0.1) is 0 Å². The Bertz CT molecular complexity index is 1050. The lowest BCUT2D eigenvalue weighted by molar-refractivity contribution is -0.664. The molecular weight excluding hydrogens is 296 g/mol. The van der Waals surface area contributed by atoms with E-state index in [1.807, 2.05) is 17.9 Å². The van der Waals surface area contributed by atoms with E-state index < -0.39 is 0 Å². The molecule has 0 aliphatic heterocycles. The first kappa shape index (κ1) is 14.6. The molecule has 0 amide bonds. The number of aryl methyl sites for hydroxylation is 2. The van der Waals surface area contributed by atoms with E-state index >= 15 is 0 Å². The van der Waals surface area contributed by atoms with Gasteiger partial charge in [-0.3, -0.25) is 0 Å². The molecule has 0 N–H and O–H groups in total. The molecule has 0 saturated heterocycles. The predicted octanol–water partition coefficient (Wildman–Crippen LogP) is 3.82. The number of fused-ring (bicyclic) bond motifs is 1. The molecule has 0 bridgehead atoms. The summed E-state index contributed by atoms with van der Waals surface area (Å²) < 4.78 is 9.70. The zero-order valence-corrected chi connectivity index (χ0v) is 14.2. The number of nitrogens with zero attached hydrogens (tertiary/aromatic N) is 2. The van der Waals surface area contributed by atoms with Crippen LogP contribution < -0.4 is 9.13 Å². The van der Waals surface area contributed by atoms with Gasteiger partial charge in [0.2, 0.25) is 5.69 Å². The summed E-state index contributed by atoms with van der Waals surface area (Å²) in [7, 11) is 2.01. The van der Waals surface area contributed by atoms with Crippen LogP contribution in [0.1, 0.15) is 11.3 Å². The summed E-state index contributed by atoms with van der Waals surface area (Å²) in [5.74, 6) is 0. The van der Waals surface area contributed by atoms with Crippen LogP contribution in [0.2, 0.25) is 0 Å². The van der Waals surface area contributed by atoms with Crippen LogP contribution in [0.5, 0.6) is 0 Å². The third kappa shape index (κ3) is 2.21. The molecule has 0 saturated carbocycles. The standard InChI is InChI=1S/C21H20N2O/c1-15-8-6-7-11-23(15)19-12-17-9-4-5-10-18(17)21(16(19)2)20-13-24-14-22(20)3/h4-14H,1-3H3/q+2. The highest BCUT2D eigenvalue weighted by Crippen LogP contribution is 2.33. The van der Waals surface area contributed by atoms with Gasteiger partial charge in [-0.25, -0.2) is 0 Å². The Morgan fingerprint density at radius 2 is 1.75 bits per heavy atom. The van der Waals surface area contributed by atoms with Crippen molar-refractivity contribution in [3.05, 3.63) is 78.6 Å². The van der Waals surface area contributed by atoms with Crippen LogP contribution >= 0.6 is 0 Å². The maximum Gasteiger partial charge on any atom is 0.334 e. The number of pyridine rings is 1. The summed E-state index contributed by atoms with van der Waals surface area (Å²) >= 11 is 0. The monoisotopic (exact) mass is 316 g/mol. The number of rotatable bonds is 2. The molecule has 2 aromatic heterocycles. The van der Waals surface area contributed by atoms with Crippen LogP contribution in [0.3, 0.4) is 0 Å². The SMILES string of the molecule is Cc1c(-[n+]2ccccc2C)cc2ccccc2c1-c1coc[n+]1C. The smallest absolute Gasteiger partial charge is 0.334 e. The van der Waals surface area contributed by atoms with Gasteiger partial charge in [0.05, 0.1) is 5.56 Å². The van der Waals surface area contributed by atoms with E-state index in [1.165, 1.54) is 33.3 Å². The number of hydrogen-bond donors (Lipinski definition) is 0. The third-order valence-corrected chi connectivity index (χ3v) is 4.64. The Hall–Kier alpha value is -2.94. The Morgan fingerprint density at radius 3 is 2.50 bits per heavy atom. The second-order valence-electron chi connectivity index (χ2n) is 6.18. The van der Waals surface area contributed by atoms with E-state index in [0.29, 0.717) is 0 Å². The molecule has 0 spiro atoms. The molecule has 24 heavy (non-hydrogen) atoms. The van der Waals surface area contributed by atoms with Crippen molar-refractivity contribution in [1.29, 1.82) is 0 Å². The van der Waals surface area contributed by atoms with Gasteiger partial charge >= 0.3 is 6.39 Å². The predicted molar refractivity (Wildman–Crippen MR) is 93.8 cm³/mol. The number of hydrogen-bond acceptors (Lipinski definition) is 1. The van der Waals surface area contributed by atoms with Gasteiger partial charge in [-0.1, -0.05) is 30.3 Å². The first-order valence-corrected chi connectivity index (χ1v) is 8.09. The summed E-state index contributed by atoms with van der Waals surface area (Å²) in [5, 5.41) is 2.47. The highest BCUT2D eigenvalue weighted by atomic mass is 16.3. The van der Waals surface area contributed by atoms with E-state index in [2.05, 4.69) is 73.1 Å². The first-order chi connectivity index (χ1) is 11.7. The molecule has 0 radical (unpaired) electrons. The summed E-state index contributed by atoms with van der Waals surface area (Å²) in [6.07, 6.45) is 5.67. The van der Waals surface area contributed by atoms with E-state index in [4.69, 9.17) is 4.42 Å². The molecule has 4 rings (SSSR count). The quantitative estimate of drug-likeness (QED) is 0.515. The van der Waals surface area contributed by atoms with Crippen LogP contribution in [-0.4, -0.2) is 0 Å². The molecule has 0 aliphatic rings. The van der Waals surface area contributed by atoms with E-state index in [-0.39, 0.29) is 0 Å². The van der Waals surface area contributed by atoms with E-state index in [1.54, 1.807) is 6.39 Å². The normalized spacial score (nSPS) is 11.1. The van der Waals surface area contributed by atoms with Crippen molar-refractivity contribution >= 4 is 10.8 Å². The molecule has 118 valence electrons. The molecule has 3 heteroatoms. The summed E-state index contributed by atoms with van der Waals surface area (Å²) in [4.78, 5) is 0. The molecule has 4 aromatic rings. The minimum Gasteiger partial charge on any atom is -0.412 e. The van der Waals surface area contributed by atoms with Gasteiger partial charge in [0.15, 0.2) is 18.2 Å². The maximum absolute atomic E-state index is 5.43. The van der Waals surface area contributed by atoms with Crippen molar-refractivity contribution < 1.29 is 13.6 Å². The second kappa shape index (κ2) is 5.60. The van der Waals surface area contributed by atoms with Gasteiger partial charge < -0.3 is 4.42 Å². The molecule has 0 fully saturated rings. The Balaban J connectivity index is 2.13. The maximum atomic E-state index is 5.43. The fraction of sp³-hybridized carbons (Fsp3) is 0.143. The summed E-state index contributed by atoms with van der Waals surface area (Å²) in [5.41, 5.74) is 5.95. The summed E-state index contributed by atoms with van der Waals surface area (Å²) in [6.45, 7) is 4.32. The van der Waals surface area contributed by atoms with E-state index in [9.17, 15) is 0 Å². The van der Waals surface area contributed by atoms with Gasteiger partial charge in [-0.05, 0) is 17.7 Å². The van der Waals surface area contributed by atoms with Gasteiger partial charge in [0.1, 0.15) is 7.05 Å². The Kier molecular flexibility index (Phi) is 3.42. The molecule has 2 heterocycles. The largest absolute Gasteiger partial charge is 0.412 e. The molecule has 2 aromatic carbocycles. The molecule has 0 unspecified atom stereocenters. The molecule has 3 nitrogen and oxygen atoms in total. The molecule has 0 aliphatic carbocycles. The molecular formula is C21H20N2O+2. The van der Waals surface area contributed by atoms with Crippen molar-refractivity contribution in [1.82, 2.24) is 0 Å². The minimum absolute atomic E-state index is 1.08. The Morgan fingerprint density at radius 1 is 0.958 bits per heavy atom. The summed E-state index contributed by atoms with van der Waals surface area (Å²) in [6, 6.07) is 17.1. The molecule has 0 atom stereocenters. The van der Waals surface area contributed by atoms with Crippen LogP contribution in [-0.2, 0) is 7.05 Å². The number of aromatic nitrogens is 2. The average Bonchev–Trinajstić information content (AvgIpc) is 3.01. The number of benzene rings is 2. The fourth-order valence-corrected chi connectivity index (χ4v) is 3.38. The van der Waals surface area contributed by atoms with Crippen LogP contribution in [0, 0.1) is 13.8 Å². The second-order valence-corrected chi connectivity index (χ2v) is 6.18. The van der Waals surface area contributed by atoms with Crippen molar-refractivity contribution in [3.63, 3.8) is 0 Å². The zero-order valence-electron chi connectivity index (χ0n) is 14.2. The highest BCUT2D eigenvalue weighted by molar-refractivity contribution is 5.98. The van der Waals surface area contributed by atoms with Gasteiger partial charge in [0, 0.05) is 30.7 Å². The van der Waals surface area contributed by atoms with Crippen LogP contribution in [0.4, 0.5) is 0 Å². The van der Waals surface area contributed by atoms with E-state index in [0.717, 1.165) is 5.69 Å². The van der Waals surface area contributed by atoms with Crippen molar-refractivity contribution in [3.8, 4) is 16.9 Å². The fourth-order valence-electron chi connectivity index (χ4n) is 3.38. The topological polar surface area (TPSA) is 20.9 Å². The average molecular weight is 316 g/mol. The minimum atomic E-state index is 1.08. The lowest BCUT2D eigenvalue weighted by Crippen LogP contribution is -2.35. The van der Waals surface area contributed by atoms with Gasteiger partial charge in [-0.2, -0.15) is 9.13 Å². The van der Waals surface area contributed by atoms with Crippen LogP contribution in [0.15, 0.2) is 71.8 Å². The van der Waals surface area contributed by atoms with Crippen molar-refractivity contribution in [2.24, 2.45) is 7.05 Å². The van der Waals surface area contributed by atoms with Crippen LogP contribution in [0.25, 0.3) is 27.7 Å². The zero-order chi connectivity index (χ0) is 16.7. The number of oxazole rings is 1.